The first kappa shape index (κ1) is 18.1. The molecule has 0 radical (unpaired) electrons. The summed E-state index contributed by atoms with van der Waals surface area (Å²) in [5, 5.41) is 29.9. The summed E-state index contributed by atoms with van der Waals surface area (Å²) in [5.74, 6) is 0.317. The van der Waals surface area contributed by atoms with Crippen LogP contribution in [0.15, 0.2) is 12.1 Å². The Morgan fingerprint density at radius 1 is 1.32 bits per heavy atom. The van der Waals surface area contributed by atoms with Gasteiger partial charge in [0.05, 0.1) is 18.9 Å². The Kier molecular flexibility index (Phi) is 6.51. The van der Waals surface area contributed by atoms with E-state index in [1.54, 1.807) is 20.8 Å². The lowest BCUT2D eigenvalue weighted by Gasteiger charge is -2.21. The van der Waals surface area contributed by atoms with E-state index in [-0.39, 0.29) is 18.7 Å². The molecule has 1 aromatic rings. The molecule has 0 aliphatic rings. The van der Waals surface area contributed by atoms with Gasteiger partial charge in [-0.25, -0.2) is 4.79 Å². The van der Waals surface area contributed by atoms with Gasteiger partial charge in [-0.2, -0.15) is 0 Å². The number of carbonyl (C=O) groups excluding carboxylic acids is 1. The third-order valence-corrected chi connectivity index (χ3v) is 2.65. The number of ether oxygens (including phenoxy) is 2. The minimum atomic E-state index is -1.20. The van der Waals surface area contributed by atoms with Gasteiger partial charge >= 0.3 is 6.09 Å². The van der Waals surface area contributed by atoms with E-state index in [0.29, 0.717) is 5.88 Å². The molecule has 0 aliphatic heterocycles. The van der Waals surface area contributed by atoms with Gasteiger partial charge in [0.25, 0.3) is 0 Å². The average Bonchev–Trinajstić information content (AvgIpc) is 2.44. The Morgan fingerprint density at radius 3 is 2.50 bits per heavy atom. The van der Waals surface area contributed by atoms with Crippen LogP contribution in [-0.4, -0.2) is 51.9 Å². The highest BCUT2D eigenvalue weighted by molar-refractivity contribution is 5.67. The summed E-state index contributed by atoms with van der Waals surface area (Å²) < 4.78 is 9.92. The zero-order valence-corrected chi connectivity index (χ0v) is 13.2. The van der Waals surface area contributed by atoms with E-state index in [1.807, 2.05) is 0 Å². The van der Waals surface area contributed by atoms with Crippen LogP contribution in [0.3, 0.4) is 0 Å². The zero-order chi connectivity index (χ0) is 16.8. The molecule has 22 heavy (non-hydrogen) atoms. The first-order valence-corrected chi connectivity index (χ1v) is 6.93. The number of rotatable bonds is 6. The molecular formula is C14H23N3O5. The Hall–Kier alpha value is -1.93. The summed E-state index contributed by atoms with van der Waals surface area (Å²) in [6.45, 7) is 5.44. The topological polar surface area (TPSA) is 114 Å². The minimum Gasteiger partial charge on any atom is -0.480 e. The van der Waals surface area contributed by atoms with Gasteiger partial charge in [0, 0.05) is 12.6 Å². The van der Waals surface area contributed by atoms with Crippen LogP contribution in [0.1, 0.15) is 39.0 Å². The number of aliphatic hydroxyl groups is 2. The summed E-state index contributed by atoms with van der Waals surface area (Å²) in [4.78, 5) is 11.4. The molecule has 0 fully saturated rings. The number of alkyl carbamates (subject to hydrolysis) is 1. The van der Waals surface area contributed by atoms with Crippen LogP contribution in [0, 0.1) is 0 Å². The number of aliphatic hydroxyl groups excluding tert-OH is 2. The summed E-state index contributed by atoms with van der Waals surface area (Å²) in [6.07, 6.45) is -2.70. The van der Waals surface area contributed by atoms with Crippen molar-refractivity contribution in [1.82, 2.24) is 15.5 Å². The molecule has 8 heteroatoms. The molecule has 2 atom stereocenters. The molecule has 0 bridgehead atoms. The number of aromatic nitrogens is 2. The quantitative estimate of drug-likeness (QED) is 0.711. The predicted octanol–water partition coefficient (Wildman–Crippen LogP) is 0.794. The van der Waals surface area contributed by atoms with Crippen LogP contribution in [-0.2, 0) is 4.74 Å². The number of amides is 1. The van der Waals surface area contributed by atoms with Gasteiger partial charge in [-0.15, -0.1) is 10.2 Å². The van der Waals surface area contributed by atoms with Crippen molar-refractivity contribution in [1.29, 1.82) is 0 Å². The van der Waals surface area contributed by atoms with Crippen molar-refractivity contribution >= 4 is 6.09 Å². The fourth-order valence-corrected chi connectivity index (χ4v) is 1.59. The highest BCUT2D eigenvalue weighted by Crippen LogP contribution is 2.17. The molecule has 0 saturated carbocycles. The SMILES string of the molecule is COc1ccc(C(O)C(O)CCNC(=O)OC(C)(C)C)nn1. The monoisotopic (exact) mass is 313 g/mol. The number of hydrogen-bond acceptors (Lipinski definition) is 7. The molecule has 1 amide bonds. The fraction of sp³-hybridized carbons (Fsp3) is 0.643. The molecule has 0 aromatic carbocycles. The molecule has 0 saturated heterocycles. The number of hydrogen-bond donors (Lipinski definition) is 3. The summed E-state index contributed by atoms with van der Waals surface area (Å²) in [5.41, 5.74) is -0.355. The summed E-state index contributed by atoms with van der Waals surface area (Å²) in [6, 6.07) is 3.05. The summed E-state index contributed by atoms with van der Waals surface area (Å²) in [7, 11) is 1.46. The largest absolute Gasteiger partial charge is 0.480 e. The Bertz CT molecular complexity index is 472. The van der Waals surface area contributed by atoms with Crippen molar-refractivity contribution in [2.45, 2.75) is 45.0 Å². The molecule has 8 nitrogen and oxygen atoms in total. The van der Waals surface area contributed by atoms with Crippen molar-refractivity contribution in [3.05, 3.63) is 17.8 Å². The molecule has 2 unspecified atom stereocenters. The fourth-order valence-electron chi connectivity index (χ4n) is 1.59. The van der Waals surface area contributed by atoms with Gasteiger partial charge in [-0.1, -0.05) is 0 Å². The van der Waals surface area contributed by atoms with Crippen LogP contribution in [0.4, 0.5) is 4.79 Å². The lowest BCUT2D eigenvalue weighted by atomic mass is 10.1. The van der Waals surface area contributed by atoms with Crippen LogP contribution in [0.2, 0.25) is 0 Å². The van der Waals surface area contributed by atoms with Crippen LogP contribution >= 0.6 is 0 Å². The molecule has 1 aromatic heterocycles. The van der Waals surface area contributed by atoms with E-state index < -0.39 is 23.9 Å². The molecule has 124 valence electrons. The van der Waals surface area contributed by atoms with Crippen LogP contribution in [0.25, 0.3) is 0 Å². The second-order valence-electron chi connectivity index (χ2n) is 5.73. The second kappa shape index (κ2) is 7.90. The minimum absolute atomic E-state index is 0.147. The maximum atomic E-state index is 11.4. The van der Waals surface area contributed by atoms with Crippen molar-refractivity contribution in [2.24, 2.45) is 0 Å². The Labute approximate surface area is 129 Å². The third-order valence-electron chi connectivity index (χ3n) is 2.65. The maximum absolute atomic E-state index is 11.4. The van der Waals surface area contributed by atoms with Crippen LogP contribution in [0.5, 0.6) is 5.88 Å². The first-order chi connectivity index (χ1) is 10.2. The summed E-state index contributed by atoms with van der Waals surface area (Å²) >= 11 is 0. The van der Waals surface area contributed by atoms with Gasteiger partial charge in [0.2, 0.25) is 5.88 Å². The van der Waals surface area contributed by atoms with Gasteiger partial charge in [-0.05, 0) is 33.3 Å². The number of carbonyl (C=O) groups is 1. The maximum Gasteiger partial charge on any atom is 0.407 e. The normalized spacial score (nSPS) is 14.1. The molecule has 1 heterocycles. The average molecular weight is 313 g/mol. The van der Waals surface area contributed by atoms with Crippen molar-refractivity contribution in [2.75, 3.05) is 13.7 Å². The lowest BCUT2D eigenvalue weighted by molar-refractivity contribution is 0.00935. The van der Waals surface area contributed by atoms with Gasteiger partial charge < -0.3 is 25.0 Å². The Morgan fingerprint density at radius 2 is 2.00 bits per heavy atom. The molecule has 1 rings (SSSR count). The number of nitrogens with one attached hydrogen (secondary N) is 1. The third kappa shape index (κ3) is 6.23. The highest BCUT2D eigenvalue weighted by Gasteiger charge is 2.21. The van der Waals surface area contributed by atoms with E-state index in [0.717, 1.165) is 0 Å². The number of nitrogens with zero attached hydrogens (tertiary/aromatic N) is 2. The van der Waals surface area contributed by atoms with Crippen molar-refractivity contribution in [3.63, 3.8) is 0 Å². The van der Waals surface area contributed by atoms with E-state index in [9.17, 15) is 15.0 Å². The number of methoxy groups -OCH3 is 1. The lowest BCUT2D eigenvalue weighted by Crippen LogP contribution is -2.34. The van der Waals surface area contributed by atoms with E-state index in [4.69, 9.17) is 9.47 Å². The van der Waals surface area contributed by atoms with Gasteiger partial charge in [0.15, 0.2) is 0 Å². The highest BCUT2D eigenvalue weighted by atomic mass is 16.6. The van der Waals surface area contributed by atoms with E-state index in [1.165, 1.54) is 19.2 Å². The molecule has 0 spiro atoms. The van der Waals surface area contributed by atoms with Crippen molar-refractivity contribution < 1.29 is 24.5 Å². The van der Waals surface area contributed by atoms with Crippen molar-refractivity contribution in [3.8, 4) is 5.88 Å². The van der Waals surface area contributed by atoms with Crippen LogP contribution < -0.4 is 10.1 Å². The molecular weight excluding hydrogens is 290 g/mol. The Balaban J connectivity index is 2.40. The predicted molar refractivity (Wildman–Crippen MR) is 78.4 cm³/mol. The van der Waals surface area contributed by atoms with E-state index >= 15 is 0 Å². The zero-order valence-electron chi connectivity index (χ0n) is 13.2. The molecule has 3 N–H and O–H groups in total. The van der Waals surface area contributed by atoms with Gasteiger partial charge in [-0.3, -0.25) is 0 Å². The standard InChI is InChI=1S/C14H23N3O5/c1-14(2,3)22-13(20)15-8-7-10(18)12(19)9-5-6-11(21-4)17-16-9/h5-6,10,12,18-19H,7-8H2,1-4H3,(H,15,20). The first-order valence-electron chi connectivity index (χ1n) is 6.93. The van der Waals surface area contributed by atoms with Gasteiger partial charge in [0.1, 0.15) is 11.7 Å². The van der Waals surface area contributed by atoms with E-state index in [2.05, 4.69) is 15.5 Å². The second-order valence-corrected chi connectivity index (χ2v) is 5.73. The molecule has 0 aliphatic carbocycles. The smallest absolute Gasteiger partial charge is 0.407 e.